The first-order valence-electron chi connectivity index (χ1n) is 6.46. The minimum atomic E-state index is 0.960. The summed E-state index contributed by atoms with van der Waals surface area (Å²) < 4.78 is 2.24. The maximum atomic E-state index is 4.49. The van der Waals surface area contributed by atoms with Crippen LogP contribution in [0, 0.1) is 20.8 Å². The van der Waals surface area contributed by atoms with E-state index in [1.807, 2.05) is 11.8 Å². The van der Waals surface area contributed by atoms with E-state index >= 15 is 0 Å². The van der Waals surface area contributed by atoms with Gasteiger partial charge < -0.3 is 4.57 Å². The highest BCUT2D eigenvalue weighted by atomic mass is 32.1. The Morgan fingerprint density at radius 3 is 2.63 bits per heavy atom. The quantitative estimate of drug-likeness (QED) is 0.728. The second-order valence-corrected chi connectivity index (χ2v) is 5.91. The van der Waals surface area contributed by atoms with Crippen LogP contribution < -0.4 is 0 Å². The smallest absolute Gasteiger partial charge is 0.0958 e. The third-order valence-electron chi connectivity index (χ3n) is 3.66. The van der Waals surface area contributed by atoms with Crippen molar-refractivity contribution in [3.8, 4) is 0 Å². The van der Waals surface area contributed by atoms with Gasteiger partial charge in [0.05, 0.1) is 28.6 Å². The van der Waals surface area contributed by atoms with Crippen LogP contribution in [0.2, 0.25) is 0 Å². The molecule has 2 heterocycles. The minimum Gasteiger partial charge on any atom is -0.330 e. The van der Waals surface area contributed by atoms with Gasteiger partial charge in [0.2, 0.25) is 0 Å². The molecule has 2 aromatic heterocycles. The maximum Gasteiger partial charge on any atom is 0.0958 e. The molecular weight excluding hydrogens is 254 g/mol. The average molecular weight is 271 g/mol. The Morgan fingerprint density at radius 2 is 1.89 bits per heavy atom. The molecular formula is C15H17N3S. The van der Waals surface area contributed by atoms with Gasteiger partial charge in [0.25, 0.3) is 0 Å². The normalized spacial score (nSPS) is 11.3. The monoisotopic (exact) mass is 271 g/mol. The number of fused-ring (bicyclic) bond motifs is 1. The van der Waals surface area contributed by atoms with Crippen molar-refractivity contribution in [1.82, 2.24) is 14.5 Å². The highest BCUT2D eigenvalue weighted by Crippen LogP contribution is 2.20. The van der Waals surface area contributed by atoms with Gasteiger partial charge >= 0.3 is 0 Å². The molecule has 3 nitrogen and oxygen atoms in total. The predicted octanol–water partition coefficient (Wildman–Crippen LogP) is 3.66. The first kappa shape index (κ1) is 12.4. The molecule has 0 spiro atoms. The lowest BCUT2D eigenvalue weighted by Gasteiger charge is -2.05. The van der Waals surface area contributed by atoms with Crippen LogP contribution in [0.1, 0.15) is 21.7 Å². The highest BCUT2D eigenvalue weighted by Gasteiger charge is 2.07. The van der Waals surface area contributed by atoms with Crippen molar-refractivity contribution in [1.29, 1.82) is 0 Å². The summed E-state index contributed by atoms with van der Waals surface area (Å²) in [6, 6.07) is 4.40. The van der Waals surface area contributed by atoms with E-state index in [1.165, 1.54) is 21.5 Å². The van der Waals surface area contributed by atoms with Crippen molar-refractivity contribution in [2.24, 2.45) is 0 Å². The molecule has 0 saturated carbocycles. The standard InChI is InChI=1S/C15H17N3S/c1-10-6-13-14(7-11(10)2)18(8-16-13)5-4-15-12(3)17-9-19-15/h6-9H,4-5H2,1-3H3. The van der Waals surface area contributed by atoms with Gasteiger partial charge in [0.1, 0.15) is 0 Å². The third kappa shape index (κ3) is 2.28. The molecule has 0 aliphatic heterocycles. The molecule has 0 aliphatic carbocycles. The summed E-state index contributed by atoms with van der Waals surface area (Å²) in [5.74, 6) is 0. The summed E-state index contributed by atoms with van der Waals surface area (Å²) in [6.07, 6.45) is 2.97. The Kier molecular flexibility index (Phi) is 3.11. The van der Waals surface area contributed by atoms with Crippen LogP contribution in [0.15, 0.2) is 24.0 Å². The summed E-state index contributed by atoms with van der Waals surface area (Å²) in [5, 5.41) is 0. The van der Waals surface area contributed by atoms with Gasteiger partial charge in [-0.15, -0.1) is 11.3 Å². The molecule has 0 unspecified atom stereocenters. The largest absolute Gasteiger partial charge is 0.330 e. The van der Waals surface area contributed by atoms with E-state index in [0.717, 1.165) is 24.2 Å². The van der Waals surface area contributed by atoms with E-state index in [4.69, 9.17) is 0 Å². The second-order valence-electron chi connectivity index (χ2n) is 4.97. The van der Waals surface area contributed by atoms with Gasteiger partial charge in [-0.05, 0) is 44.0 Å². The number of imidazole rings is 1. The van der Waals surface area contributed by atoms with E-state index < -0.39 is 0 Å². The van der Waals surface area contributed by atoms with Gasteiger partial charge in [-0.25, -0.2) is 9.97 Å². The molecule has 0 atom stereocenters. The zero-order valence-corrected chi connectivity index (χ0v) is 12.3. The van der Waals surface area contributed by atoms with Crippen molar-refractivity contribution < 1.29 is 0 Å². The molecule has 0 saturated heterocycles. The van der Waals surface area contributed by atoms with E-state index in [9.17, 15) is 0 Å². The number of rotatable bonds is 3. The van der Waals surface area contributed by atoms with Crippen LogP contribution in [0.25, 0.3) is 11.0 Å². The maximum absolute atomic E-state index is 4.49. The zero-order chi connectivity index (χ0) is 13.4. The van der Waals surface area contributed by atoms with Crippen LogP contribution in [0.3, 0.4) is 0 Å². The van der Waals surface area contributed by atoms with Crippen LogP contribution in [0.5, 0.6) is 0 Å². The molecule has 0 bridgehead atoms. The van der Waals surface area contributed by atoms with Gasteiger partial charge in [-0.2, -0.15) is 0 Å². The van der Waals surface area contributed by atoms with E-state index in [1.54, 1.807) is 11.3 Å². The summed E-state index contributed by atoms with van der Waals surface area (Å²) >= 11 is 1.74. The summed E-state index contributed by atoms with van der Waals surface area (Å²) in [7, 11) is 0. The number of thiazole rings is 1. The van der Waals surface area contributed by atoms with Crippen LogP contribution in [0.4, 0.5) is 0 Å². The summed E-state index contributed by atoms with van der Waals surface area (Å²) in [5.41, 5.74) is 8.01. The fourth-order valence-electron chi connectivity index (χ4n) is 2.28. The molecule has 4 heteroatoms. The number of benzene rings is 1. The lowest BCUT2D eigenvalue weighted by atomic mass is 10.1. The third-order valence-corrected chi connectivity index (χ3v) is 4.66. The minimum absolute atomic E-state index is 0.960. The number of nitrogens with zero attached hydrogens (tertiary/aromatic N) is 3. The average Bonchev–Trinajstić information content (AvgIpc) is 2.95. The lowest BCUT2D eigenvalue weighted by Crippen LogP contribution is -2.00. The van der Waals surface area contributed by atoms with Gasteiger partial charge in [-0.3, -0.25) is 0 Å². The Hall–Kier alpha value is -1.68. The van der Waals surface area contributed by atoms with Gasteiger partial charge in [0, 0.05) is 17.8 Å². The molecule has 1 aromatic carbocycles. The molecule has 3 aromatic rings. The van der Waals surface area contributed by atoms with E-state index in [0.29, 0.717) is 0 Å². The second kappa shape index (κ2) is 4.78. The SMILES string of the molecule is Cc1cc2ncn(CCc3scnc3C)c2cc1C. The van der Waals surface area contributed by atoms with Gasteiger partial charge in [-0.1, -0.05) is 0 Å². The molecule has 0 radical (unpaired) electrons. The van der Waals surface area contributed by atoms with Crippen molar-refractivity contribution >= 4 is 22.4 Å². The summed E-state index contributed by atoms with van der Waals surface area (Å²) in [4.78, 5) is 10.2. The number of aryl methyl sites for hydroxylation is 5. The number of hydrogen-bond acceptors (Lipinski definition) is 3. The zero-order valence-electron chi connectivity index (χ0n) is 11.5. The highest BCUT2D eigenvalue weighted by molar-refractivity contribution is 7.09. The van der Waals surface area contributed by atoms with Gasteiger partial charge in [0.15, 0.2) is 0 Å². The number of hydrogen-bond donors (Lipinski definition) is 0. The van der Waals surface area contributed by atoms with Crippen molar-refractivity contribution in [2.75, 3.05) is 0 Å². The first-order chi connectivity index (χ1) is 9.15. The molecule has 3 rings (SSSR count). The Morgan fingerprint density at radius 1 is 1.11 bits per heavy atom. The fraction of sp³-hybridized carbons (Fsp3) is 0.333. The predicted molar refractivity (Wildman–Crippen MR) is 79.8 cm³/mol. The van der Waals surface area contributed by atoms with Crippen molar-refractivity contribution in [2.45, 2.75) is 33.7 Å². The number of aromatic nitrogens is 3. The van der Waals surface area contributed by atoms with Crippen LogP contribution >= 0.6 is 11.3 Å². The Bertz CT molecular complexity index is 724. The summed E-state index contributed by atoms with van der Waals surface area (Å²) in [6.45, 7) is 7.32. The Balaban J connectivity index is 1.89. The fourth-order valence-corrected chi connectivity index (χ4v) is 3.05. The molecule has 0 fully saturated rings. The van der Waals surface area contributed by atoms with E-state index in [-0.39, 0.29) is 0 Å². The molecule has 0 amide bonds. The molecule has 19 heavy (non-hydrogen) atoms. The van der Waals surface area contributed by atoms with Crippen molar-refractivity contribution in [3.63, 3.8) is 0 Å². The lowest BCUT2D eigenvalue weighted by molar-refractivity contribution is 0.718. The molecule has 0 aliphatic rings. The molecule has 98 valence electrons. The van der Waals surface area contributed by atoms with Crippen LogP contribution in [-0.2, 0) is 13.0 Å². The van der Waals surface area contributed by atoms with Crippen LogP contribution in [-0.4, -0.2) is 14.5 Å². The van der Waals surface area contributed by atoms with E-state index in [2.05, 4.69) is 47.4 Å². The van der Waals surface area contributed by atoms with Crippen molar-refractivity contribution in [3.05, 3.63) is 45.7 Å². The topological polar surface area (TPSA) is 30.7 Å². The Labute approximate surface area is 116 Å². The molecule has 0 N–H and O–H groups in total. The first-order valence-corrected chi connectivity index (χ1v) is 7.34.